The van der Waals surface area contributed by atoms with Crippen molar-refractivity contribution < 1.29 is 9.59 Å². The highest BCUT2D eigenvalue weighted by atomic mass is 35.5. The maximum absolute atomic E-state index is 12.2. The maximum Gasteiger partial charge on any atom is 0.243 e. The molecule has 122 valence electrons. The summed E-state index contributed by atoms with van der Waals surface area (Å²) in [5.74, 6) is -1.47. The highest BCUT2D eigenvalue weighted by Gasteiger charge is 2.44. The minimum atomic E-state index is -0.941. The number of ketones is 1. The van der Waals surface area contributed by atoms with Gasteiger partial charge in [-0.15, -0.1) is 0 Å². The molecular formula is C17H14ClN3O2S. The van der Waals surface area contributed by atoms with E-state index < -0.39 is 17.2 Å². The van der Waals surface area contributed by atoms with Gasteiger partial charge in [0, 0.05) is 16.0 Å². The van der Waals surface area contributed by atoms with Crippen LogP contribution in [0, 0.1) is 34.0 Å². The van der Waals surface area contributed by atoms with E-state index >= 15 is 0 Å². The SMILES string of the molecule is CC1(C)C(C#N)=C(SCC(=O)c2ccc(Cl)cc2)NC(=O)[C@H]1C#N. The molecule has 1 amide bonds. The summed E-state index contributed by atoms with van der Waals surface area (Å²) in [7, 11) is 0. The van der Waals surface area contributed by atoms with E-state index in [1.54, 1.807) is 38.1 Å². The number of benzene rings is 1. The number of nitriles is 2. The van der Waals surface area contributed by atoms with Crippen LogP contribution in [0.5, 0.6) is 0 Å². The fraction of sp³-hybridized carbons (Fsp3) is 0.294. The fourth-order valence-corrected chi connectivity index (χ4v) is 3.59. The van der Waals surface area contributed by atoms with Crippen LogP contribution in [0.3, 0.4) is 0 Å². The molecule has 1 aromatic rings. The molecule has 0 bridgehead atoms. The Morgan fingerprint density at radius 2 is 1.96 bits per heavy atom. The average molecular weight is 360 g/mol. The zero-order chi connectivity index (χ0) is 17.9. The Morgan fingerprint density at radius 3 is 2.50 bits per heavy atom. The van der Waals surface area contributed by atoms with Gasteiger partial charge in [-0.25, -0.2) is 0 Å². The van der Waals surface area contributed by atoms with Gasteiger partial charge in [0.15, 0.2) is 5.78 Å². The molecule has 5 nitrogen and oxygen atoms in total. The molecule has 1 heterocycles. The summed E-state index contributed by atoms with van der Waals surface area (Å²) in [6, 6.07) is 10.5. The van der Waals surface area contributed by atoms with Crippen LogP contribution < -0.4 is 5.32 Å². The predicted molar refractivity (Wildman–Crippen MR) is 91.9 cm³/mol. The van der Waals surface area contributed by atoms with E-state index in [9.17, 15) is 20.1 Å². The minimum Gasteiger partial charge on any atom is -0.319 e. The lowest BCUT2D eigenvalue weighted by Gasteiger charge is -2.34. The van der Waals surface area contributed by atoms with Crippen molar-refractivity contribution in [1.29, 1.82) is 10.5 Å². The topological polar surface area (TPSA) is 93.8 Å². The smallest absolute Gasteiger partial charge is 0.243 e. The molecule has 1 atom stereocenters. The number of carbonyl (C=O) groups excluding carboxylic acids is 2. The van der Waals surface area contributed by atoms with E-state index in [1.165, 1.54) is 0 Å². The van der Waals surface area contributed by atoms with Crippen molar-refractivity contribution in [3.05, 3.63) is 45.5 Å². The molecule has 7 heteroatoms. The summed E-state index contributed by atoms with van der Waals surface area (Å²) in [6.07, 6.45) is 0. The summed E-state index contributed by atoms with van der Waals surface area (Å²) in [5.41, 5.74) is -0.0952. The Balaban J connectivity index is 2.22. The second-order valence-electron chi connectivity index (χ2n) is 5.81. The van der Waals surface area contributed by atoms with Gasteiger partial charge in [0.1, 0.15) is 5.92 Å². The number of nitrogens with zero attached hydrogens (tertiary/aromatic N) is 2. The van der Waals surface area contributed by atoms with Crippen molar-refractivity contribution in [3.63, 3.8) is 0 Å². The fourth-order valence-electron chi connectivity index (χ4n) is 2.39. The van der Waals surface area contributed by atoms with E-state index in [0.29, 0.717) is 21.2 Å². The third-order valence-electron chi connectivity index (χ3n) is 3.85. The average Bonchev–Trinajstić information content (AvgIpc) is 2.52. The number of amides is 1. The molecule has 0 unspecified atom stereocenters. The first-order valence-corrected chi connectivity index (χ1v) is 8.44. The van der Waals surface area contributed by atoms with Gasteiger partial charge in [-0.1, -0.05) is 37.2 Å². The van der Waals surface area contributed by atoms with Crippen LogP contribution in [-0.4, -0.2) is 17.4 Å². The van der Waals surface area contributed by atoms with Crippen molar-refractivity contribution in [2.45, 2.75) is 13.8 Å². The standard InChI is InChI=1S/C17H14ClN3O2S/c1-17(2)12(7-19)15(23)21-16(13(17)8-20)24-9-14(22)10-3-5-11(18)6-4-10/h3-6,12H,9H2,1-2H3,(H,21,23)/t12-/m1/s1. The summed E-state index contributed by atoms with van der Waals surface area (Å²) in [5, 5.41) is 22.0. The molecule has 0 spiro atoms. The largest absolute Gasteiger partial charge is 0.319 e. The summed E-state index contributed by atoms with van der Waals surface area (Å²) in [4.78, 5) is 24.3. The number of rotatable bonds is 4. The van der Waals surface area contributed by atoms with Gasteiger partial charge in [0.2, 0.25) is 5.91 Å². The number of nitrogens with one attached hydrogen (secondary N) is 1. The molecule has 0 saturated carbocycles. The predicted octanol–water partition coefficient (Wildman–Crippen LogP) is 3.29. The van der Waals surface area contributed by atoms with Crippen molar-refractivity contribution >= 4 is 35.1 Å². The zero-order valence-electron chi connectivity index (χ0n) is 13.1. The van der Waals surface area contributed by atoms with Gasteiger partial charge in [0.25, 0.3) is 0 Å². The van der Waals surface area contributed by atoms with Crippen LogP contribution >= 0.6 is 23.4 Å². The van der Waals surface area contributed by atoms with Gasteiger partial charge < -0.3 is 5.32 Å². The molecule has 0 fully saturated rings. The molecule has 0 radical (unpaired) electrons. The maximum atomic E-state index is 12.2. The molecule has 0 aromatic heterocycles. The quantitative estimate of drug-likeness (QED) is 0.832. The van der Waals surface area contributed by atoms with E-state index in [2.05, 4.69) is 11.4 Å². The van der Waals surface area contributed by atoms with E-state index in [0.717, 1.165) is 11.8 Å². The number of thioether (sulfide) groups is 1. The number of hydrogen-bond acceptors (Lipinski definition) is 5. The van der Waals surface area contributed by atoms with Gasteiger partial charge >= 0.3 is 0 Å². The number of allylic oxidation sites excluding steroid dienone is 1. The Bertz CT molecular complexity index is 801. The first-order chi connectivity index (χ1) is 11.3. The highest BCUT2D eigenvalue weighted by Crippen LogP contribution is 2.41. The number of carbonyl (C=O) groups is 2. The lowest BCUT2D eigenvalue weighted by atomic mass is 9.72. The number of halogens is 1. The monoisotopic (exact) mass is 359 g/mol. The zero-order valence-corrected chi connectivity index (χ0v) is 14.7. The van der Waals surface area contributed by atoms with Crippen molar-refractivity contribution in [3.8, 4) is 12.1 Å². The Hall–Kier alpha value is -2.28. The van der Waals surface area contributed by atoms with Crippen molar-refractivity contribution in [2.24, 2.45) is 11.3 Å². The molecule has 1 aliphatic rings. The molecule has 1 aliphatic heterocycles. The van der Waals surface area contributed by atoms with Crippen molar-refractivity contribution in [2.75, 3.05) is 5.75 Å². The number of Topliss-reactive ketones (excluding diaryl/α,β-unsaturated/α-hetero) is 1. The van der Waals surface area contributed by atoms with Gasteiger partial charge in [-0.2, -0.15) is 10.5 Å². The van der Waals surface area contributed by atoms with Crippen LogP contribution in [0.15, 0.2) is 34.9 Å². The summed E-state index contributed by atoms with van der Waals surface area (Å²) >= 11 is 6.88. The van der Waals surface area contributed by atoms with Gasteiger partial charge in [-0.3, -0.25) is 9.59 Å². The van der Waals surface area contributed by atoms with Crippen LogP contribution in [0.4, 0.5) is 0 Å². The van der Waals surface area contributed by atoms with E-state index in [4.69, 9.17) is 11.6 Å². The Kier molecular flexibility index (Phi) is 5.33. The van der Waals surface area contributed by atoms with Crippen molar-refractivity contribution in [1.82, 2.24) is 5.32 Å². The van der Waals surface area contributed by atoms with Gasteiger partial charge in [-0.05, 0) is 24.3 Å². The Morgan fingerprint density at radius 1 is 1.33 bits per heavy atom. The number of hydrogen-bond donors (Lipinski definition) is 1. The molecule has 1 N–H and O–H groups in total. The minimum absolute atomic E-state index is 0.0652. The third kappa shape index (κ3) is 3.46. The lowest BCUT2D eigenvalue weighted by Crippen LogP contribution is -2.44. The second-order valence-corrected chi connectivity index (χ2v) is 7.23. The van der Waals surface area contributed by atoms with Gasteiger partial charge in [0.05, 0.1) is 28.5 Å². The van der Waals surface area contributed by atoms with Crippen LogP contribution in [-0.2, 0) is 4.79 Å². The highest BCUT2D eigenvalue weighted by molar-refractivity contribution is 8.03. The summed E-state index contributed by atoms with van der Waals surface area (Å²) in [6.45, 7) is 3.36. The van der Waals surface area contributed by atoms with Crippen LogP contribution in [0.1, 0.15) is 24.2 Å². The van der Waals surface area contributed by atoms with Crippen LogP contribution in [0.25, 0.3) is 0 Å². The molecule has 2 rings (SSSR count). The third-order valence-corrected chi connectivity index (χ3v) is 5.10. The second kappa shape index (κ2) is 7.09. The van der Waals surface area contributed by atoms with E-state index in [-0.39, 0.29) is 11.5 Å². The molecule has 1 aromatic carbocycles. The first kappa shape index (κ1) is 18.1. The lowest BCUT2D eigenvalue weighted by molar-refractivity contribution is -0.125. The van der Waals surface area contributed by atoms with E-state index in [1.807, 2.05) is 6.07 Å². The molecule has 24 heavy (non-hydrogen) atoms. The first-order valence-electron chi connectivity index (χ1n) is 7.08. The normalized spacial score (nSPS) is 19.2. The Labute approximate surface area is 149 Å². The van der Waals surface area contributed by atoms with Crippen LogP contribution in [0.2, 0.25) is 5.02 Å². The molecular weight excluding hydrogens is 346 g/mol. The summed E-state index contributed by atoms with van der Waals surface area (Å²) < 4.78 is 0. The molecule has 0 saturated heterocycles. The molecule has 0 aliphatic carbocycles.